The molecule has 1 unspecified atom stereocenters. The van der Waals surface area contributed by atoms with Crippen molar-refractivity contribution in [1.29, 1.82) is 0 Å². The molecule has 1 aromatic rings. The van der Waals surface area contributed by atoms with Gasteiger partial charge < -0.3 is 10.1 Å². The predicted molar refractivity (Wildman–Crippen MR) is 76.1 cm³/mol. The van der Waals surface area contributed by atoms with Crippen molar-refractivity contribution in [1.82, 2.24) is 5.32 Å². The van der Waals surface area contributed by atoms with Crippen molar-refractivity contribution in [3.63, 3.8) is 0 Å². The van der Waals surface area contributed by atoms with Crippen LogP contribution in [0.1, 0.15) is 32.4 Å². The van der Waals surface area contributed by atoms with Gasteiger partial charge in [0.05, 0.1) is 5.41 Å². The van der Waals surface area contributed by atoms with Crippen LogP contribution < -0.4 is 5.32 Å². The summed E-state index contributed by atoms with van der Waals surface area (Å²) < 4.78 is 5.72. The number of ether oxygens (including phenoxy) is 1. The molecule has 0 amide bonds. The van der Waals surface area contributed by atoms with Gasteiger partial charge in [-0.05, 0) is 38.5 Å². The normalized spacial score (nSPS) is 17.7. The highest BCUT2D eigenvalue weighted by Gasteiger charge is 2.34. The maximum Gasteiger partial charge on any atom is 0.311 e. The first-order valence-corrected chi connectivity index (χ1v) is 6.93. The van der Waals surface area contributed by atoms with Gasteiger partial charge in [0.15, 0.2) is 0 Å². The highest BCUT2D eigenvalue weighted by Crippen LogP contribution is 2.32. The molecule has 1 aliphatic rings. The molecule has 0 saturated carbocycles. The van der Waals surface area contributed by atoms with Crippen molar-refractivity contribution < 1.29 is 9.53 Å². The molecule has 0 aromatic heterocycles. The minimum Gasteiger partial charge on any atom is -0.457 e. The van der Waals surface area contributed by atoms with E-state index < -0.39 is 5.41 Å². The van der Waals surface area contributed by atoms with E-state index in [4.69, 9.17) is 16.3 Å². The summed E-state index contributed by atoms with van der Waals surface area (Å²) in [6.45, 7) is 7.36. The largest absolute Gasteiger partial charge is 0.457 e. The van der Waals surface area contributed by atoms with E-state index in [1.807, 2.05) is 45.0 Å². The van der Waals surface area contributed by atoms with Crippen LogP contribution in [0.5, 0.6) is 0 Å². The molecule has 1 heterocycles. The Kier molecular flexibility index (Phi) is 4.16. The van der Waals surface area contributed by atoms with Gasteiger partial charge in [-0.3, -0.25) is 4.79 Å². The van der Waals surface area contributed by atoms with E-state index in [2.05, 4.69) is 5.32 Å². The number of nitrogens with one attached hydrogen (secondary N) is 1. The van der Waals surface area contributed by atoms with Crippen molar-refractivity contribution in [2.45, 2.75) is 26.9 Å². The Balaban J connectivity index is 2.16. The Morgan fingerprint density at radius 3 is 2.32 bits per heavy atom. The molecule has 1 aromatic carbocycles. The molecule has 1 aliphatic heterocycles. The lowest BCUT2D eigenvalue weighted by Gasteiger charge is -2.35. The van der Waals surface area contributed by atoms with Gasteiger partial charge in [-0.1, -0.05) is 23.7 Å². The number of carbonyl (C=O) groups is 1. The molecule has 0 spiro atoms. The molecule has 0 bridgehead atoms. The van der Waals surface area contributed by atoms with E-state index in [1.165, 1.54) is 0 Å². The van der Waals surface area contributed by atoms with Crippen LogP contribution in [0.4, 0.5) is 0 Å². The van der Waals surface area contributed by atoms with Crippen LogP contribution >= 0.6 is 11.6 Å². The van der Waals surface area contributed by atoms with Crippen LogP contribution in [0.15, 0.2) is 24.3 Å². The fraction of sp³-hybridized carbons (Fsp3) is 0.533. The molecule has 104 valence electrons. The first-order valence-electron chi connectivity index (χ1n) is 6.55. The summed E-state index contributed by atoms with van der Waals surface area (Å²) in [5.74, 6) is 0.173. The van der Waals surface area contributed by atoms with Gasteiger partial charge in [-0.15, -0.1) is 0 Å². The lowest BCUT2D eigenvalue weighted by atomic mass is 9.90. The monoisotopic (exact) mass is 281 g/mol. The zero-order valence-corrected chi connectivity index (χ0v) is 12.3. The number of halogens is 1. The van der Waals surface area contributed by atoms with Crippen molar-refractivity contribution >= 4 is 17.6 Å². The molecule has 1 atom stereocenters. The Labute approximate surface area is 119 Å². The van der Waals surface area contributed by atoms with E-state index in [1.54, 1.807) is 0 Å². The standard InChI is InChI=1S/C15H20ClNO2/c1-15(2,3)14(18)19-13(11-8-17-9-11)10-4-6-12(16)7-5-10/h4-7,11,13,17H,8-9H2,1-3H3. The second kappa shape index (κ2) is 5.51. The number of hydrogen-bond donors (Lipinski definition) is 1. The zero-order chi connectivity index (χ0) is 14.0. The van der Waals surface area contributed by atoms with Crippen LogP contribution in [0.25, 0.3) is 0 Å². The van der Waals surface area contributed by atoms with Crippen molar-refractivity contribution in [3.8, 4) is 0 Å². The Morgan fingerprint density at radius 2 is 1.89 bits per heavy atom. The molecule has 3 nitrogen and oxygen atoms in total. The Bertz CT molecular complexity index is 446. The average molecular weight is 282 g/mol. The summed E-state index contributed by atoms with van der Waals surface area (Å²) in [5, 5.41) is 3.91. The average Bonchev–Trinajstić information content (AvgIpc) is 2.25. The van der Waals surface area contributed by atoms with Crippen LogP contribution in [0, 0.1) is 11.3 Å². The van der Waals surface area contributed by atoms with E-state index in [0.717, 1.165) is 18.7 Å². The molecule has 0 aliphatic carbocycles. The van der Waals surface area contributed by atoms with Crippen molar-refractivity contribution in [2.24, 2.45) is 11.3 Å². The number of carbonyl (C=O) groups excluding carboxylic acids is 1. The fourth-order valence-electron chi connectivity index (χ4n) is 1.91. The molecular weight excluding hydrogens is 262 g/mol. The fourth-order valence-corrected chi connectivity index (χ4v) is 2.03. The first-order chi connectivity index (χ1) is 8.88. The maximum atomic E-state index is 12.1. The second-order valence-electron chi connectivity index (χ2n) is 6.05. The molecule has 0 radical (unpaired) electrons. The first kappa shape index (κ1) is 14.4. The number of rotatable bonds is 3. The Morgan fingerprint density at radius 1 is 1.32 bits per heavy atom. The molecule has 19 heavy (non-hydrogen) atoms. The van der Waals surface area contributed by atoms with Gasteiger partial charge in [-0.2, -0.15) is 0 Å². The Hall–Kier alpha value is -1.06. The maximum absolute atomic E-state index is 12.1. The van der Waals surface area contributed by atoms with Gasteiger partial charge in [0, 0.05) is 24.0 Å². The lowest BCUT2D eigenvalue weighted by molar-refractivity contribution is -0.163. The third-order valence-corrected chi connectivity index (χ3v) is 3.54. The third kappa shape index (κ3) is 3.48. The van der Waals surface area contributed by atoms with E-state index in [0.29, 0.717) is 10.9 Å². The minimum absolute atomic E-state index is 0.167. The summed E-state index contributed by atoms with van der Waals surface area (Å²) in [7, 11) is 0. The predicted octanol–water partition coefficient (Wildman–Crippen LogP) is 3.19. The number of hydrogen-bond acceptors (Lipinski definition) is 3. The van der Waals surface area contributed by atoms with E-state index in [-0.39, 0.29) is 12.1 Å². The highest BCUT2D eigenvalue weighted by atomic mass is 35.5. The summed E-state index contributed by atoms with van der Waals surface area (Å²) in [4.78, 5) is 12.1. The van der Waals surface area contributed by atoms with Crippen molar-refractivity contribution in [3.05, 3.63) is 34.9 Å². The number of esters is 1. The minimum atomic E-state index is -0.484. The molecule has 1 saturated heterocycles. The van der Waals surface area contributed by atoms with E-state index in [9.17, 15) is 4.79 Å². The van der Waals surface area contributed by atoms with Crippen LogP contribution in [-0.2, 0) is 9.53 Å². The summed E-state index contributed by atoms with van der Waals surface area (Å²) in [5.41, 5.74) is 0.524. The van der Waals surface area contributed by atoms with Crippen molar-refractivity contribution in [2.75, 3.05) is 13.1 Å². The molecular formula is C15H20ClNO2. The van der Waals surface area contributed by atoms with Gasteiger partial charge in [0.2, 0.25) is 0 Å². The van der Waals surface area contributed by atoms with Crippen LogP contribution in [-0.4, -0.2) is 19.1 Å². The summed E-state index contributed by atoms with van der Waals surface area (Å²) >= 11 is 5.90. The van der Waals surface area contributed by atoms with Gasteiger partial charge in [0.1, 0.15) is 6.10 Å². The zero-order valence-electron chi connectivity index (χ0n) is 11.6. The lowest BCUT2D eigenvalue weighted by Crippen LogP contribution is -2.46. The van der Waals surface area contributed by atoms with Crippen LogP contribution in [0.3, 0.4) is 0 Å². The van der Waals surface area contributed by atoms with E-state index >= 15 is 0 Å². The third-order valence-electron chi connectivity index (χ3n) is 3.29. The molecule has 4 heteroatoms. The summed E-state index contributed by atoms with van der Waals surface area (Å²) in [6, 6.07) is 7.53. The molecule has 1 N–H and O–H groups in total. The second-order valence-corrected chi connectivity index (χ2v) is 6.48. The van der Waals surface area contributed by atoms with Gasteiger partial charge in [-0.25, -0.2) is 0 Å². The smallest absolute Gasteiger partial charge is 0.311 e. The SMILES string of the molecule is CC(C)(C)C(=O)OC(c1ccc(Cl)cc1)C1CNC1. The van der Waals surface area contributed by atoms with Gasteiger partial charge >= 0.3 is 5.97 Å². The van der Waals surface area contributed by atoms with Crippen LogP contribution in [0.2, 0.25) is 5.02 Å². The molecule has 1 fully saturated rings. The number of benzene rings is 1. The quantitative estimate of drug-likeness (QED) is 0.865. The highest BCUT2D eigenvalue weighted by molar-refractivity contribution is 6.30. The topological polar surface area (TPSA) is 38.3 Å². The van der Waals surface area contributed by atoms with Gasteiger partial charge in [0.25, 0.3) is 0 Å². The summed E-state index contributed by atoms with van der Waals surface area (Å²) in [6.07, 6.45) is -0.190. The molecule has 2 rings (SSSR count).